The third-order valence-corrected chi connectivity index (χ3v) is 5.26. The Kier molecular flexibility index (Phi) is 5.37. The fraction of sp³-hybridized carbons (Fsp3) is 0.235. The van der Waals surface area contributed by atoms with E-state index in [0.717, 1.165) is 5.56 Å². The lowest BCUT2D eigenvalue weighted by molar-refractivity contribution is 0.287. The van der Waals surface area contributed by atoms with Gasteiger partial charge in [-0.05, 0) is 43.3 Å². The van der Waals surface area contributed by atoms with Crippen molar-refractivity contribution in [3.05, 3.63) is 59.7 Å². The molecule has 2 aromatic carbocycles. The van der Waals surface area contributed by atoms with Gasteiger partial charge in [0.1, 0.15) is 12.4 Å². The van der Waals surface area contributed by atoms with Crippen molar-refractivity contribution in [1.82, 2.24) is 4.31 Å². The first-order chi connectivity index (χ1) is 10.9. The smallest absolute Gasteiger partial charge is 0.242 e. The van der Waals surface area contributed by atoms with Gasteiger partial charge in [-0.3, -0.25) is 0 Å². The zero-order chi connectivity index (χ0) is 16.9. The van der Waals surface area contributed by atoms with Crippen molar-refractivity contribution in [1.29, 1.82) is 5.26 Å². The number of rotatable bonds is 6. The molecule has 0 atom stereocenters. The predicted molar refractivity (Wildman–Crippen MR) is 87.6 cm³/mol. The summed E-state index contributed by atoms with van der Waals surface area (Å²) in [4.78, 5) is 0.268. The molecule has 0 saturated heterocycles. The maximum Gasteiger partial charge on any atom is 0.242 e. The van der Waals surface area contributed by atoms with Crippen LogP contribution < -0.4 is 4.74 Å². The van der Waals surface area contributed by atoms with Gasteiger partial charge in [0.05, 0.1) is 16.5 Å². The van der Waals surface area contributed by atoms with Crippen LogP contribution in [0.25, 0.3) is 0 Å². The van der Waals surface area contributed by atoms with Crippen LogP contribution in [-0.4, -0.2) is 32.9 Å². The van der Waals surface area contributed by atoms with Gasteiger partial charge >= 0.3 is 0 Å². The zero-order valence-corrected chi connectivity index (χ0v) is 13.9. The van der Waals surface area contributed by atoms with Crippen molar-refractivity contribution < 1.29 is 13.2 Å². The Labute approximate surface area is 136 Å². The minimum atomic E-state index is -3.51. The highest BCUT2D eigenvalue weighted by Gasteiger charge is 2.20. The Hall–Kier alpha value is -2.36. The Morgan fingerprint density at radius 2 is 1.70 bits per heavy atom. The number of nitrogens with zero attached hydrogens (tertiary/aromatic N) is 2. The van der Waals surface area contributed by atoms with Gasteiger partial charge in [-0.15, -0.1) is 0 Å². The third-order valence-electron chi connectivity index (χ3n) is 3.39. The highest BCUT2D eigenvalue weighted by Crippen LogP contribution is 2.15. The normalized spacial score (nSPS) is 11.2. The van der Waals surface area contributed by atoms with Crippen LogP contribution >= 0.6 is 0 Å². The molecule has 0 spiro atoms. The molecule has 0 saturated carbocycles. The van der Waals surface area contributed by atoms with E-state index in [1.165, 1.54) is 11.4 Å². The van der Waals surface area contributed by atoms with E-state index < -0.39 is 10.0 Å². The molecular formula is C17H18N2O3S. The van der Waals surface area contributed by atoms with Crippen molar-refractivity contribution in [2.24, 2.45) is 0 Å². The molecule has 23 heavy (non-hydrogen) atoms. The van der Waals surface area contributed by atoms with Crippen molar-refractivity contribution >= 4 is 10.0 Å². The molecule has 0 N–H and O–H groups in total. The monoisotopic (exact) mass is 330 g/mol. The fourth-order valence-electron chi connectivity index (χ4n) is 1.93. The summed E-state index contributed by atoms with van der Waals surface area (Å²) >= 11 is 0. The molecule has 0 radical (unpaired) electrons. The first-order valence-corrected chi connectivity index (χ1v) is 8.53. The number of sulfonamides is 1. The molecule has 0 aromatic heterocycles. The number of aryl methyl sites for hydroxylation is 1. The summed E-state index contributed by atoms with van der Waals surface area (Å²) in [7, 11) is -1.99. The summed E-state index contributed by atoms with van der Waals surface area (Å²) in [6, 6.07) is 15.5. The van der Waals surface area contributed by atoms with Crippen molar-refractivity contribution in [3.8, 4) is 11.8 Å². The van der Waals surface area contributed by atoms with Gasteiger partial charge < -0.3 is 4.74 Å². The quantitative estimate of drug-likeness (QED) is 0.816. The van der Waals surface area contributed by atoms with Crippen LogP contribution in [0.15, 0.2) is 53.4 Å². The molecule has 2 rings (SSSR count). The number of hydrogen-bond acceptors (Lipinski definition) is 4. The molecule has 0 unspecified atom stereocenters. The summed E-state index contributed by atoms with van der Waals surface area (Å²) in [5, 5.41) is 8.73. The summed E-state index contributed by atoms with van der Waals surface area (Å²) in [5.74, 6) is 0.602. The van der Waals surface area contributed by atoms with Crippen LogP contribution in [0.5, 0.6) is 5.75 Å². The molecule has 0 aliphatic heterocycles. The minimum Gasteiger partial charge on any atom is -0.492 e. The van der Waals surface area contributed by atoms with E-state index in [2.05, 4.69) is 0 Å². The van der Waals surface area contributed by atoms with Gasteiger partial charge in [0.15, 0.2) is 0 Å². The SMILES string of the molecule is Cc1ccc(S(=O)(=O)N(C)CCOc2ccc(C#N)cc2)cc1. The average molecular weight is 330 g/mol. The van der Waals surface area contributed by atoms with E-state index in [0.29, 0.717) is 11.3 Å². The standard InChI is InChI=1S/C17H18N2O3S/c1-14-3-9-17(10-4-14)23(20,21)19(2)11-12-22-16-7-5-15(13-18)6-8-16/h3-10H,11-12H2,1-2H3. The number of ether oxygens (including phenoxy) is 1. The predicted octanol–water partition coefficient (Wildman–Crippen LogP) is 2.57. The lowest BCUT2D eigenvalue weighted by atomic mass is 10.2. The van der Waals surface area contributed by atoms with Gasteiger partial charge in [-0.2, -0.15) is 9.57 Å². The van der Waals surface area contributed by atoms with Crippen LogP contribution in [-0.2, 0) is 10.0 Å². The van der Waals surface area contributed by atoms with Gasteiger partial charge in [-0.25, -0.2) is 8.42 Å². The lowest BCUT2D eigenvalue weighted by Crippen LogP contribution is -2.31. The Bertz CT molecular complexity index is 791. The maximum atomic E-state index is 12.4. The van der Waals surface area contributed by atoms with Crippen molar-refractivity contribution in [2.75, 3.05) is 20.2 Å². The molecule has 5 nitrogen and oxygen atoms in total. The van der Waals surface area contributed by atoms with Gasteiger partial charge in [-0.1, -0.05) is 17.7 Å². The second kappa shape index (κ2) is 7.27. The highest BCUT2D eigenvalue weighted by atomic mass is 32.2. The molecule has 0 amide bonds. The number of likely N-dealkylation sites (N-methyl/N-ethyl adjacent to an activating group) is 1. The number of benzene rings is 2. The molecule has 0 aliphatic rings. The Morgan fingerprint density at radius 1 is 1.09 bits per heavy atom. The minimum absolute atomic E-state index is 0.230. The highest BCUT2D eigenvalue weighted by molar-refractivity contribution is 7.89. The molecule has 6 heteroatoms. The van der Waals surface area contributed by atoms with Crippen LogP contribution in [0.4, 0.5) is 0 Å². The van der Waals surface area contributed by atoms with Gasteiger partial charge in [0.2, 0.25) is 10.0 Å². The molecule has 0 heterocycles. The third kappa shape index (κ3) is 4.31. The average Bonchev–Trinajstić information content (AvgIpc) is 2.55. The van der Waals surface area contributed by atoms with Crippen LogP contribution in [0.2, 0.25) is 0 Å². The van der Waals surface area contributed by atoms with E-state index in [1.54, 1.807) is 48.5 Å². The number of nitriles is 1. The first kappa shape index (κ1) is 17.0. The number of hydrogen-bond donors (Lipinski definition) is 0. The van der Waals surface area contributed by atoms with Crippen LogP contribution in [0.3, 0.4) is 0 Å². The summed E-state index contributed by atoms with van der Waals surface area (Å²) < 4.78 is 31.6. The second-order valence-electron chi connectivity index (χ2n) is 5.12. The molecule has 120 valence electrons. The van der Waals surface area contributed by atoms with Crippen molar-refractivity contribution in [3.63, 3.8) is 0 Å². The summed E-state index contributed by atoms with van der Waals surface area (Å²) in [6.45, 7) is 2.37. The van der Waals surface area contributed by atoms with E-state index in [1.807, 2.05) is 13.0 Å². The Balaban J connectivity index is 1.94. The van der Waals surface area contributed by atoms with E-state index in [9.17, 15) is 8.42 Å². The van der Waals surface area contributed by atoms with Crippen LogP contribution in [0.1, 0.15) is 11.1 Å². The largest absolute Gasteiger partial charge is 0.492 e. The molecule has 0 bridgehead atoms. The second-order valence-corrected chi connectivity index (χ2v) is 7.17. The summed E-state index contributed by atoms with van der Waals surface area (Å²) in [5.41, 5.74) is 1.56. The topological polar surface area (TPSA) is 70.4 Å². The fourth-order valence-corrected chi connectivity index (χ4v) is 3.08. The molecule has 0 fully saturated rings. The Morgan fingerprint density at radius 3 is 2.26 bits per heavy atom. The van der Waals surface area contributed by atoms with E-state index >= 15 is 0 Å². The lowest BCUT2D eigenvalue weighted by Gasteiger charge is -2.17. The van der Waals surface area contributed by atoms with Crippen molar-refractivity contribution in [2.45, 2.75) is 11.8 Å². The molecular weight excluding hydrogens is 312 g/mol. The van der Waals surface area contributed by atoms with E-state index in [-0.39, 0.29) is 18.0 Å². The van der Waals surface area contributed by atoms with Gasteiger partial charge in [0, 0.05) is 13.6 Å². The van der Waals surface area contributed by atoms with E-state index in [4.69, 9.17) is 10.00 Å². The molecule has 2 aromatic rings. The maximum absolute atomic E-state index is 12.4. The molecule has 0 aliphatic carbocycles. The summed E-state index contributed by atoms with van der Waals surface area (Å²) in [6.07, 6.45) is 0. The van der Waals surface area contributed by atoms with Crippen LogP contribution in [0, 0.1) is 18.3 Å². The zero-order valence-electron chi connectivity index (χ0n) is 13.1. The first-order valence-electron chi connectivity index (χ1n) is 7.09. The van der Waals surface area contributed by atoms with Gasteiger partial charge in [0.25, 0.3) is 0 Å².